The van der Waals surface area contributed by atoms with Crippen LogP contribution >= 0.6 is 0 Å². The lowest BCUT2D eigenvalue weighted by Gasteiger charge is -2.00. The topological polar surface area (TPSA) is 59.4 Å². The third-order valence-corrected chi connectivity index (χ3v) is 3.69. The number of rotatable bonds is 3. The van der Waals surface area contributed by atoms with Gasteiger partial charge in [-0.25, -0.2) is 4.99 Å². The van der Waals surface area contributed by atoms with Crippen molar-refractivity contribution in [3.05, 3.63) is 77.5 Å². The van der Waals surface area contributed by atoms with E-state index in [0.717, 1.165) is 34.9 Å². The number of hydrogen-bond acceptors (Lipinski definition) is 3. The first-order chi connectivity index (χ1) is 11.8. The molecule has 1 amide bonds. The average Bonchev–Trinajstić information content (AvgIpc) is 3.02. The van der Waals surface area contributed by atoms with Gasteiger partial charge in [0.1, 0.15) is 6.29 Å². The van der Waals surface area contributed by atoms with Crippen LogP contribution in [0.15, 0.2) is 65.7 Å². The summed E-state index contributed by atoms with van der Waals surface area (Å²) in [4.78, 5) is 29.2. The van der Waals surface area contributed by atoms with Crippen LogP contribution in [0, 0.1) is 0 Å². The number of nitrogens with zero attached hydrogens (tertiary/aromatic N) is 2. The number of hydrogen-bond donors (Lipinski definition) is 0. The number of benzene rings is 2. The standard InChI is InChI=1S/C12H11NO.C8H5NO/c14-9-3-5-11-8-7-10-4-1-2-6-12(10)13-11;10-8-7-4-2-1-3-6(7)5-9-8/h1-2,4,6-9H,3,5H2;1-5H. The zero-order chi connectivity index (χ0) is 16.8. The Bertz CT molecular complexity index is 916. The van der Waals surface area contributed by atoms with Gasteiger partial charge in [-0.1, -0.05) is 42.5 Å². The molecule has 0 atom stereocenters. The van der Waals surface area contributed by atoms with E-state index in [-0.39, 0.29) is 5.91 Å². The molecule has 4 rings (SSSR count). The molecule has 0 N–H and O–H groups in total. The summed E-state index contributed by atoms with van der Waals surface area (Å²) in [6.45, 7) is 0. The predicted octanol–water partition coefficient (Wildman–Crippen LogP) is 3.63. The van der Waals surface area contributed by atoms with Crippen molar-refractivity contribution in [2.24, 2.45) is 4.99 Å². The third-order valence-electron chi connectivity index (χ3n) is 3.69. The molecule has 0 saturated carbocycles. The van der Waals surface area contributed by atoms with Gasteiger partial charge in [-0.15, -0.1) is 0 Å². The molecule has 1 aromatic heterocycles. The van der Waals surface area contributed by atoms with Crippen molar-refractivity contribution in [3.63, 3.8) is 0 Å². The predicted molar refractivity (Wildman–Crippen MR) is 94.5 cm³/mol. The highest BCUT2D eigenvalue weighted by molar-refractivity contribution is 6.12. The van der Waals surface area contributed by atoms with Gasteiger partial charge in [-0.2, -0.15) is 0 Å². The molecule has 4 heteroatoms. The lowest BCUT2D eigenvalue weighted by atomic mass is 10.1. The van der Waals surface area contributed by atoms with Crippen molar-refractivity contribution in [1.82, 2.24) is 4.98 Å². The van der Waals surface area contributed by atoms with E-state index in [0.29, 0.717) is 12.0 Å². The molecule has 3 aromatic rings. The maximum absolute atomic E-state index is 10.9. The van der Waals surface area contributed by atoms with Crippen LogP contribution in [0.25, 0.3) is 10.9 Å². The van der Waals surface area contributed by atoms with Gasteiger partial charge in [0.2, 0.25) is 0 Å². The van der Waals surface area contributed by atoms with E-state index >= 15 is 0 Å². The molecule has 0 bridgehead atoms. The number of carbonyl (C=O) groups is 2. The molecule has 118 valence electrons. The zero-order valence-corrected chi connectivity index (χ0v) is 13.1. The Morgan fingerprint density at radius 1 is 0.917 bits per heavy atom. The molecule has 2 heterocycles. The fourth-order valence-corrected chi connectivity index (χ4v) is 2.46. The first kappa shape index (κ1) is 15.7. The van der Waals surface area contributed by atoms with Crippen molar-refractivity contribution < 1.29 is 9.59 Å². The van der Waals surface area contributed by atoms with Crippen LogP contribution in [-0.2, 0) is 11.2 Å². The van der Waals surface area contributed by atoms with Crippen molar-refractivity contribution >= 4 is 29.3 Å². The van der Waals surface area contributed by atoms with Crippen LogP contribution in [0.5, 0.6) is 0 Å². The van der Waals surface area contributed by atoms with Crippen molar-refractivity contribution in [1.29, 1.82) is 0 Å². The molecule has 0 fully saturated rings. The van der Waals surface area contributed by atoms with Crippen LogP contribution < -0.4 is 0 Å². The number of fused-ring (bicyclic) bond motifs is 2. The van der Waals surface area contributed by atoms with E-state index in [4.69, 9.17) is 0 Å². The van der Waals surface area contributed by atoms with Crippen LogP contribution in [0.2, 0.25) is 0 Å². The zero-order valence-electron chi connectivity index (χ0n) is 13.1. The van der Waals surface area contributed by atoms with E-state index in [1.165, 1.54) is 0 Å². The van der Waals surface area contributed by atoms with Gasteiger partial charge in [0.15, 0.2) is 0 Å². The largest absolute Gasteiger partial charge is 0.303 e. The highest BCUT2D eigenvalue weighted by Gasteiger charge is 2.12. The first-order valence-electron chi connectivity index (χ1n) is 7.73. The van der Waals surface area contributed by atoms with Gasteiger partial charge in [0, 0.05) is 29.3 Å². The Balaban J connectivity index is 0.000000149. The lowest BCUT2D eigenvalue weighted by molar-refractivity contribution is -0.107. The molecular formula is C20H16N2O2. The summed E-state index contributed by atoms with van der Waals surface area (Å²) >= 11 is 0. The molecule has 0 saturated heterocycles. The number of pyridine rings is 1. The summed E-state index contributed by atoms with van der Waals surface area (Å²) in [5, 5.41) is 1.14. The maximum Gasteiger partial charge on any atom is 0.277 e. The Labute approximate surface area is 139 Å². The number of aliphatic imine (C=N–C) groups is 1. The Morgan fingerprint density at radius 2 is 1.71 bits per heavy atom. The Morgan fingerprint density at radius 3 is 2.54 bits per heavy atom. The van der Waals surface area contributed by atoms with Gasteiger partial charge in [0.05, 0.1) is 11.1 Å². The van der Waals surface area contributed by atoms with Gasteiger partial charge in [-0.05, 0) is 24.6 Å². The molecule has 0 unspecified atom stereocenters. The van der Waals surface area contributed by atoms with Crippen LogP contribution in [-0.4, -0.2) is 23.4 Å². The minimum atomic E-state index is -0.129. The Kier molecular flexibility index (Phi) is 4.87. The number of carbonyl (C=O) groups excluding carboxylic acids is 2. The van der Waals surface area contributed by atoms with Crippen LogP contribution in [0.3, 0.4) is 0 Å². The molecule has 0 spiro atoms. The SMILES string of the molecule is O=C1N=Cc2ccccc21.O=CCCc1ccc2ccccc2n1. The highest BCUT2D eigenvalue weighted by atomic mass is 16.1. The van der Waals surface area contributed by atoms with E-state index < -0.39 is 0 Å². The summed E-state index contributed by atoms with van der Waals surface area (Å²) in [6, 6.07) is 19.4. The summed E-state index contributed by atoms with van der Waals surface area (Å²) in [5.41, 5.74) is 3.61. The third kappa shape index (κ3) is 3.60. The number of aromatic nitrogens is 1. The van der Waals surface area contributed by atoms with Gasteiger partial charge >= 0.3 is 0 Å². The van der Waals surface area contributed by atoms with Crippen LogP contribution in [0.1, 0.15) is 28.0 Å². The summed E-state index contributed by atoms with van der Waals surface area (Å²) in [5.74, 6) is -0.129. The molecule has 0 radical (unpaired) electrons. The van der Waals surface area contributed by atoms with Gasteiger partial charge in [-0.3, -0.25) is 9.78 Å². The average molecular weight is 316 g/mol. The maximum atomic E-state index is 10.9. The second-order valence-corrected chi connectivity index (χ2v) is 5.35. The lowest BCUT2D eigenvalue weighted by Crippen LogP contribution is -1.90. The normalized spacial score (nSPS) is 11.8. The van der Waals surface area contributed by atoms with E-state index in [9.17, 15) is 9.59 Å². The minimum Gasteiger partial charge on any atom is -0.303 e. The number of aldehydes is 1. The van der Waals surface area contributed by atoms with E-state index in [1.54, 1.807) is 12.3 Å². The molecule has 1 aliphatic rings. The van der Waals surface area contributed by atoms with Gasteiger partial charge in [0.25, 0.3) is 5.91 Å². The van der Waals surface area contributed by atoms with E-state index in [1.807, 2.05) is 54.6 Å². The molecule has 1 aliphatic heterocycles. The number of amides is 1. The molecule has 24 heavy (non-hydrogen) atoms. The highest BCUT2D eigenvalue weighted by Crippen LogP contribution is 2.13. The fraction of sp³-hybridized carbons (Fsp3) is 0.100. The molecule has 2 aromatic carbocycles. The summed E-state index contributed by atoms with van der Waals surface area (Å²) in [6.07, 6.45) is 3.80. The fourth-order valence-electron chi connectivity index (χ4n) is 2.46. The summed E-state index contributed by atoms with van der Waals surface area (Å²) in [7, 11) is 0. The van der Waals surface area contributed by atoms with Crippen molar-refractivity contribution in [3.8, 4) is 0 Å². The Hall–Kier alpha value is -3.14. The number of para-hydroxylation sites is 1. The number of aryl methyl sites for hydroxylation is 1. The van der Waals surface area contributed by atoms with E-state index in [2.05, 4.69) is 9.98 Å². The van der Waals surface area contributed by atoms with Gasteiger partial charge < -0.3 is 4.79 Å². The smallest absolute Gasteiger partial charge is 0.277 e. The molecule has 4 nitrogen and oxygen atoms in total. The monoisotopic (exact) mass is 316 g/mol. The quantitative estimate of drug-likeness (QED) is 0.693. The van der Waals surface area contributed by atoms with Crippen molar-refractivity contribution in [2.75, 3.05) is 0 Å². The van der Waals surface area contributed by atoms with Crippen LogP contribution in [0.4, 0.5) is 0 Å². The molecule has 0 aliphatic carbocycles. The minimum absolute atomic E-state index is 0.129. The second-order valence-electron chi connectivity index (χ2n) is 5.35. The molecular weight excluding hydrogens is 300 g/mol. The first-order valence-corrected chi connectivity index (χ1v) is 7.73. The van der Waals surface area contributed by atoms with Crippen molar-refractivity contribution in [2.45, 2.75) is 12.8 Å². The second kappa shape index (κ2) is 7.42. The summed E-state index contributed by atoms with van der Waals surface area (Å²) < 4.78 is 0.